The summed E-state index contributed by atoms with van der Waals surface area (Å²) >= 11 is 0. The summed E-state index contributed by atoms with van der Waals surface area (Å²) in [5, 5.41) is 17.7. The van der Waals surface area contributed by atoms with E-state index in [2.05, 4.69) is 15.4 Å². The standard InChI is InChI=1S/C26H33F3N4O4/c1-4-35-13-14-37-25-31-24(19-5-7-20(8-6-19)26(27,28)29)33(32-25)22-11-9-21(10-12-22)30-15-23(34)17-36-16-18(2)3/h5-12,18,23,30,34H,4,13-17H2,1-3H3/t23-/m1/s1. The molecular formula is C26H33F3N4O4. The van der Waals surface area contributed by atoms with Crippen LogP contribution in [0.2, 0.25) is 0 Å². The van der Waals surface area contributed by atoms with Gasteiger partial charge in [-0.15, -0.1) is 5.10 Å². The molecule has 0 fully saturated rings. The van der Waals surface area contributed by atoms with Crippen molar-refractivity contribution >= 4 is 5.69 Å². The van der Waals surface area contributed by atoms with Gasteiger partial charge in [0.15, 0.2) is 5.82 Å². The normalized spacial score (nSPS) is 12.6. The molecule has 37 heavy (non-hydrogen) atoms. The molecule has 0 saturated heterocycles. The third kappa shape index (κ3) is 8.73. The number of alkyl halides is 3. The zero-order chi connectivity index (χ0) is 26.8. The van der Waals surface area contributed by atoms with Crippen molar-refractivity contribution < 1.29 is 32.5 Å². The lowest BCUT2D eigenvalue weighted by Gasteiger charge is -2.14. The fraction of sp³-hybridized carbons (Fsp3) is 0.462. The molecule has 0 aliphatic carbocycles. The van der Waals surface area contributed by atoms with Crippen LogP contribution in [0.4, 0.5) is 18.9 Å². The minimum absolute atomic E-state index is 0.0846. The van der Waals surface area contributed by atoms with Crippen molar-refractivity contribution in [2.24, 2.45) is 5.92 Å². The van der Waals surface area contributed by atoms with Crippen molar-refractivity contribution in [3.05, 3.63) is 54.1 Å². The third-order valence-corrected chi connectivity index (χ3v) is 5.14. The van der Waals surface area contributed by atoms with Crippen LogP contribution in [-0.4, -0.2) is 65.6 Å². The van der Waals surface area contributed by atoms with Crippen LogP contribution in [0.5, 0.6) is 6.01 Å². The highest BCUT2D eigenvalue weighted by atomic mass is 19.4. The highest BCUT2D eigenvalue weighted by Crippen LogP contribution is 2.31. The van der Waals surface area contributed by atoms with Crippen molar-refractivity contribution in [2.75, 3.05) is 44.9 Å². The molecule has 0 unspecified atom stereocenters. The Hall–Kier alpha value is -3.15. The van der Waals surface area contributed by atoms with Crippen LogP contribution in [-0.2, 0) is 15.7 Å². The molecule has 0 spiro atoms. The zero-order valence-corrected chi connectivity index (χ0v) is 21.2. The Labute approximate surface area is 214 Å². The molecule has 0 amide bonds. The average molecular weight is 523 g/mol. The first-order chi connectivity index (χ1) is 17.7. The van der Waals surface area contributed by atoms with Crippen LogP contribution < -0.4 is 10.1 Å². The van der Waals surface area contributed by atoms with Gasteiger partial charge in [0.25, 0.3) is 0 Å². The van der Waals surface area contributed by atoms with Gasteiger partial charge in [-0.25, -0.2) is 4.68 Å². The molecule has 3 aromatic rings. The van der Waals surface area contributed by atoms with Crippen molar-refractivity contribution in [1.29, 1.82) is 0 Å². The van der Waals surface area contributed by atoms with Crippen LogP contribution in [0.15, 0.2) is 48.5 Å². The first-order valence-electron chi connectivity index (χ1n) is 12.1. The Kier molecular flexibility index (Phi) is 10.3. The predicted molar refractivity (Wildman–Crippen MR) is 134 cm³/mol. The number of hydrogen-bond donors (Lipinski definition) is 2. The topological polar surface area (TPSA) is 90.7 Å². The number of nitrogens with one attached hydrogen (secondary N) is 1. The molecule has 202 valence electrons. The third-order valence-electron chi connectivity index (χ3n) is 5.14. The quantitative estimate of drug-likeness (QED) is 0.294. The van der Waals surface area contributed by atoms with Crippen LogP contribution in [0.25, 0.3) is 17.1 Å². The number of hydrogen-bond acceptors (Lipinski definition) is 7. The molecule has 11 heteroatoms. The van der Waals surface area contributed by atoms with Crippen molar-refractivity contribution in [2.45, 2.75) is 33.1 Å². The van der Waals surface area contributed by atoms with Crippen LogP contribution in [0, 0.1) is 5.92 Å². The molecule has 3 rings (SSSR count). The summed E-state index contributed by atoms with van der Waals surface area (Å²) in [7, 11) is 0. The molecule has 0 radical (unpaired) electrons. The van der Waals surface area contributed by atoms with Crippen LogP contribution in [0.1, 0.15) is 26.3 Å². The van der Waals surface area contributed by atoms with E-state index < -0.39 is 17.8 Å². The lowest BCUT2D eigenvalue weighted by atomic mass is 10.1. The summed E-state index contributed by atoms with van der Waals surface area (Å²) in [6.07, 6.45) is -5.09. The molecule has 1 atom stereocenters. The fourth-order valence-corrected chi connectivity index (χ4v) is 3.32. The molecule has 0 saturated carbocycles. The van der Waals surface area contributed by atoms with Crippen molar-refractivity contribution in [1.82, 2.24) is 14.8 Å². The molecule has 0 bridgehead atoms. The van der Waals surface area contributed by atoms with Gasteiger partial charge in [-0.2, -0.15) is 18.2 Å². The SMILES string of the molecule is CCOCCOc1nc(-c2ccc(C(F)(F)F)cc2)n(-c2ccc(NC[C@@H](O)COCC(C)C)cc2)n1. The van der Waals surface area contributed by atoms with Crippen molar-refractivity contribution in [3.63, 3.8) is 0 Å². The van der Waals surface area contributed by atoms with Gasteiger partial charge in [0.1, 0.15) is 6.61 Å². The molecule has 1 aromatic heterocycles. The smallest absolute Gasteiger partial charge is 0.416 e. The van der Waals surface area contributed by atoms with Gasteiger partial charge < -0.3 is 24.6 Å². The van der Waals surface area contributed by atoms with Gasteiger partial charge in [0.2, 0.25) is 0 Å². The van der Waals surface area contributed by atoms with Gasteiger partial charge in [0, 0.05) is 31.0 Å². The summed E-state index contributed by atoms with van der Waals surface area (Å²) in [5.41, 5.74) is 1.11. The maximum Gasteiger partial charge on any atom is 0.416 e. The second-order valence-electron chi connectivity index (χ2n) is 8.76. The minimum Gasteiger partial charge on any atom is -0.460 e. The van der Waals surface area contributed by atoms with E-state index in [0.29, 0.717) is 49.4 Å². The Bertz CT molecular complexity index is 1090. The first-order valence-corrected chi connectivity index (χ1v) is 12.1. The Balaban J connectivity index is 1.76. The summed E-state index contributed by atoms with van der Waals surface area (Å²) in [6.45, 7) is 8.23. The van der Waals surface area contributed by atoms with Gasteiger partial charge in [0.05, 0.1) is 30.6 Å². The first kappa shape index (κ1) is 28.4. The summed E-state index contributed by atoms with van der Waals surface area (Å²) in [6, 6.07) is 12.0. The van der Waals surface area contributed by atoms with Gasteiger partial charge in [-0.3, -0.25) is 0 Å². The molecule has 1 heterocycles. The number of ether oxygens (including phenoxy) is 3. The number of benzene rings is 2. The largest absolute Gasteiger partial charge is 0.460 e. The fourth-order valence-electron chi connectivity index (χ4n) is 3.32. The monoisotopic (exact) mass is 522 g/mol. The van der Waals surface area contributed by atoms with Crippen LogP contribution in [0.3, 0.4) is 0 Å². The molecular weight excluding hydrogens is 489 g/mol. The second-order valence-corrected chi connectivity index (χ2v) is 8.76. The van der Waals surface area contributed by atoms with Gasteiger partial charge in [-0.1, -0.05) is 26.0 Å². The maximum atomic E-state index is 13.0. The number of aliphatic hydroxyl groups excluding tert-OH is 1. The van der Waals surface area contributed by atoms with E-state index in [1.807, 2.05) is 32.9 Å². The zero-order valence-electron chi connectivity index (χ0n) is 21.2. The van der Waals surface area contributed by atoms with Crippen LogP contribution >= 0.6 is 0 Å². The van der Waals surface area contributed by atoms with E-state index in [4.69, 9.17) is 14.2 Å². The van der Waals surface area contributed by atoms with E-state index >= 15 is 0 Å². The minimum atomic E-state index is -4.43. The summed E-state index contributed by atoms with van der Waals surface area (Å²) in [4.78, 5) is 4.40. The van der Waals surface area contributed by atoms with E-state index in [0.717, 1.165) is 17.8 Å². The highest BCUT2D eigenvalue weighted by Gasteiger charge is 2.30. The molecule has 8 nitrogen and oxygen atoms in total. The lowest BCUT2D eigenvalue weighted by Crippen LogP contribution is -2.25. The number of nitrogens with zero attached hydrogens (tertiary/aromatic N) is 3. The number of aliphatic hydroxyl groups is 1. The molecule has 2 N–H and O–H groups in total. The second kappa shape index (κ2) is 13.4. The number of halogens is 3. The summed E-state index contributed by atoms with van der Waals surface area (Å²) in [5.74, 6) is 0.728. The van der Waals surface area contributed by atoms with Gasteiger partial charge in [-0.05, 0) is 49.2 Å². The maximum absolute atomic E-state index is 13.0. The van der Waals surface area contributed by atoms with E-state index in [1.165, 1.54) is 16.8 Å². The molecule has 0 aliphatic rings. The van der Waals surface area contributed by atoms with E-state index in [9.17, 15) is 18.3 Å². The Morgan fingerprint density at radius 2 is 1.68 bits per heavy atom. The highest BCUT2D eigenvalue weighted by molar-refractivity contribution is 5.60. The van der Waals surface area contributed by atoms with Gasteiger partial charge >= 0.3 is 12.2 Å². The molecule has 2 aromatic carbocycles. The Morgan fingerprint density at radius 1 is 0.973 bits per heavy atom. The lowest BCUT2D eigenvalue weighted by molar-refractivity contribution is -0.137. The molecule has 0 aliphatic heterocycles. The van der Waals surface area contributed by atoms with E-state index in [1.54, 1.807) is 12.1 Å². The van der Waals surface area contributed by atoms with E-state index in [-0.39, 0.29) is 19.2 Å². The number of rotatable bonds is 14. The predicted octanol–water partition coefficient (Wildman–Crippen LogP) is 4.81. The Morgan fingerprint density at radius 3 is 2.30 bits per heavy atom. The number of anilines is 1. The number of aromatic nitrogens is 3. The summed E-state index contributed by atoms with van der Waals surface area (Å²) < 4.78 is 56.9. The van der Waals surface area contributed by atoms with Crippen molar-refractivity contribution in [3.8, 4) is 23.1 Å². The average Bonchev–Trinajstić information content (AvgIpc) is 3.29.